The molecule has 2 aromatic heterocycles. The molecule has 1 fully saturated rings. The number of aryl methyl sites for hydroxylation is 1. The molecule has 3 heterocycles. The molecule has 1 aliphatic rings. The molecule has 1 saturated heterocycles. The minimum absolute atomic E-state index is 0.0609. The lowest BCUT2D eigenvalue weighted by Crippen LogP contribution is -2.53. The van der Waals surface area contributed by atoms with E-state index in [-0.39, 0.29) is 13.1 Å². The Morgan fingerprint density at radius 1 is 1.26 bits per heavy atom. The second-order valence-corrected chi connectivity index (χ2v) is 4.54. The topological polar surface area (TPSA) is 46.8 Å². The monoisotopic (exact) mass is 271 g/mol. The zero-order valence-corrected chi connectivity index (χ0v) is 10.2. The van der Waals surface area contributed by atoms with Gasteiger partial charge in [0.2, 0.25) is 0 Å². The lowest BCUT2D eigenvalue weighted by Gasteiger charge is -2.40. The van der Waals surface area contributed by atoms with Crippen molar-refractivity contribution in [3.05, 3.63) is 12.7 Å². The summed E-state index contributed by atoms with van der Waals surface area (Å²) in [6.45, 7) is 2.54. The van der Waals surface area contributed by atoms with E-state index in [9.17, 15) is 13.2 Å². The minimum Gasteiger partial charge on any atom is -0.353 e. The normalized spacial score (nSPS) is 16.9. The van der Waals surface area contributed by atoms with E-state index in [0.29, 0.717) is 23.5 Å². The maximum Gasteiger partial charge on any atom is 0.395 e. The van der Waals surface area contributed by atoms with E-state index in [1.54, 1.807) is 11.2 Å². The van der Waals surface area contributed by atoms with Gasteiger partial charge in [-0.3, -0.25) is 0 Å². The van der Waals surface area contributed by atoms with Gasteiger partial charge in [0.25, 0.3) is 0 Å². The van der Waals surface area contributed by atoms with Crippen molar-refractivity contribution in [2.45, 2.75) is 19.6 Å². The van der Waals surface area contributed by atoms with Crippen molar-refractivity contribution in [1.29, 1.82) is 0 Å². The van der Waals surface area contributed by atoms with E-state index in [1.807, 2.05) is 11.5 Å². The third-order valence-electron chi connectivity index (χ3n) is 3.37. The first kappa shape index (κ1) is 12.2. The Morgan fingerprint density at radius 2 is 2.00 bits per heavy atom. The van der Waals surface area contributed by atoms with Crippen LogP contribution in [0.25, 0.3) is 11.2 Å². The molecule has 3 rings (SSSR count). The molecule has 8 heteroatoms. The number of anilines is 1. The highest BCUT2D eigenvalue weighted by Gasteiger charge is 2.48. The van der Waals surface area contributed by atoms with Crippen LogP contribution in [0.3, 0.4) is 0 Å². The highest BCUT2D eigenvalue weighted by atomic mass is 19.4. The van der Waals surface area contributed by atoms with Crippen LogP contribution in [-0.2, 0) is 6.54 Å². The summed E-state index contributed by atoms with van der Waals surface area (Å²) in [4.78, 5) is 14.0. The van der Waals surface area contributed by atoms with Crippen LogP contribution in [0, 0.1) is 5.92 Å². The fourth-order valence-corrected chi connectivity index (χ4v) is 2.19. The Balaban J connectivity index is 1.89. The second-order valence-electron chi connectivity index (χ2n) is 4.54. The largest absolute Gasteiger partial charge is 0.395 e. The molecule has 0 unspecified atom stereocenters. The summed E-state index contributed by atoms with van der Waals surface area (Å²) >= 11 is 0. The first-order valence-corrected chi connectivity index (χ1v) is 5.98. The van der Waals surface area contributed by atoms with Crippen LogP contribution in [0.1, 0.15) is 6.92 Å². The summed E-state index contributed by atoms with van der Waals surface area (Å²) in [5.74, 6) is -0.788. The van der Waals surface area contributed by atoms with Gasteiger partial charge in [-0.15, -0.1) is 0 Å². The van der Waals surface area contributed by atoms with Crippen LogP contribution < -0.4 is 4.90 Å². The van der Waals surface area contributed by atoms with Crippen molar-refractivity contribution in [1.82, 2.24) is 19.5 Å². The molecule has 5 nitrogen and oxygen atoms in total. The standard InChI is InChI=1S/C11H12F3N5/c1-2-18-6-17-8-9(18)15-5-16-10(8)19-3-7(4-19)11(12,13)14/h5-7H,2-4H2,1H3. The number of imidazole rings is 1. The smallest absolute Gasteiger partial charge is 0.353 e. The third-order valence-corrected chi connectivity index (χ3v) is 3.37. The predicted octanol–water partition coefficient (Wildman–Crippen LogP) is 1.84. The summed E-state index contributed by atoms with van der Waals surface area (Å²) in [5.41, 5.74) is 1.22. The zero-order valence-electron chi connectivity index (χ0n) is 10.2. The van der Waals surface area contributed by atoms with Crippen molar-refractivity contribution in [3.63, 3.8) is 0 Å². The molecule has 0 radical (unpaired) electrons. The molecule has 19 heavy (non-hydrogen) atoms. The van der Waals surface area contributed by atoms with Gasteiger partial charge in [0, 0.05) is 19.6 Å². The van der Waals surface area contributed by atoms with Crippen LogP contribution in [0.4, 0.5) is 19.0 Å². The Bertz CT molecular complexity index is 600. The van der Waals surface area contributed by atoms with Gasteiger partial charge in [-0.1, -0.05) is 0 Å². The molecule has 0 aromatic carbocycles. The van der Waals surface area contributed by atoms with Gasteiger partial charge in [0.15, 0.2) is 17.0 Å². The maximum absolute atomic E-state index is 12.5. The van der Waals surface area contributed by atoms with Crippen LogP contribution in [0.2, 0.25) is 0 Å². The molecule has 0 bridgehead atoms. The molecule has 0 amide bonds. The van der Waals surface area contributed by atoms with Gasteiger partial charge in [-0.25, -0.2) is 15.0 Å². The van der Waals surface area contributed by atoms with Crippen LogP contribution in [-0.4, -0.2) is 38.8 Å². The van der Waals surface area contributed by atoms with Crippen LogP contribution >= 0.6 is 0 Å². The lowest BCUT2D eigenvalue weighted by molar-refractivity contribution is -0.180. The first-order chi connectivity index (χ1) is 9.00. The van der Waals surface area contributed by atoms with Gasteiger partial charge in [-0.2, -0.15) is 13.2 Å². The zero-order chi connectivity index (χ0) is 13.6. The number of nitrogens with zero attached hydrogens (tertiary/aromatic N) is 5. The molecule has 0 atom stereocenters. The number of halogens is 3. The molecule has 0 aliphatic carbocycles. The van der Waals surface area contributed by atoms with Gasteiger partial charge in [0.05, 0.1) is 12.2 Å². The van der Waals surface area contributed by atoms with Crippen molar-refractivity contribution in [2.75, 3.05) is 18.0 Å². The fourth-order valence-electron chi connectivity index (χ4n) is 2.19. The highest BCUT2D eigenvalue weighted by Crippen LogP contribution is 2.36. The Morgan fingerprint density at radius 3 is 2.63 bits per heavy atom. The SMILES string of the molecule is CCn1cnc2c(N3CC(C(F)(F)F)C3)ncnc21. The fraction of sp³-hybridized carbons (Fsp3) is 0.545. The minimum atomic E-state index is -4.13. The molecule has 2 aromatic rings. The summed E-state index contributed by atoms with van der Waals surface area (Å²) in [6, 6.07) is 0. The Labute approximate surface area is 107 Å². The van der Waals surface area contributed by atoms with Gasteiger partial charge in [-0.05, 0) is 6.92 Å². The third kappa shape index (κ3) is 1.91. The van der Waals surface area contributed by atoms with E-state index >= 15 is 0 Å². The average molecular weight is 271 g/mol. The molecule has 0 saturated carbocycles. The number of alkyl halides is 3. The van der Waals surface area contributed by atoms with E-state index in [2.05, 4.69) is 15.0 Å². The van der Waals surface area contributed by atoms with Gasteiger partial charge in [0.1, 0.15) is 6.33 Å². The molecular formula is C11H12F3N5. The Kier molecular flexibility index (Phi) is 2.61. The maximum atomic E-state index is 12.5. The molecule has 1 aliphatic heterocycles. The second kappa shape index (κ2) is 4.07. The highest BCUT2D eigenvalue weighted by molar-refractivity contribution is 5.83. The molecular weight excluding hydrogens is 259 g/mol. The van der Waals surface area contributed by atoms with E-state index in [1.165, 1.54) is 6.33 Å². The van der Waals surface area contributed by atoms with Gasteiger partial charge >= 0.3 is 6.18 Å². The lowest BCUT2D eigenvalue weighted by atomic mass is 10.00. The van der Waals surface area contributed by atoms with Crippen molar-refractivity contribution < 1.29 is 13.2 Å². The molecule has 0 spiro atoms. The van der Waals surface area contributed by atoms with Crippen molar-refractivity contribution >= 4 is 17.0 Å². The molecule has 102 valence electrons. The number of aromatic nitrogens is 4. The number of hydrogen-bond donors (Lipinski definition) is 0. The number of rotatable bonds is 2. The summed E-state index contributed by atoms with van der Waals surface area (Å²) in [6.07, 6.45) is -1.14. The molecule has 0 N–H and O–H groups in total. The number of hydrogen-bond acceptors (Lipinski definition) is 4. The Hall–Kier alpha value is -1.86. The van der Waals surface area contributed by atoms with E-state index in [4.69, 9.17) is 0 Å². The quantitative estimate of drug-likeness (QED) is 0.836. The predicted molar refractivity (Wildman–Crippen MR) is 62.8 cm³/mol. The summed E-state index contributed by atoms with van der Waals surface area (Å²) in [5, 5.41) is 0. The van der Waals surface area contributed by atoms with Gasteiger partial charge < -0.3 is 9.47 Å². The van der Waals surface area contributed by atoms with Crippen LogP contribution in [0.5, 0.6) is 0 Å². The van der Waals surface area contributed by atoms with Crippen molar-refractivity contribution in [2.24, 2.45) is 5.92 Å². The first-order valence-electron chi connectivity index (χ1n) is 5.98. The van der Waals surface area contributed by atoms with Crippen LogP contribution in [0.15, 0.2) is 12.7 Å². The average Bonchev–Trinajstić information content (AvgIpc) is 2.68. The number of fused-ring (bicyclic) bond motifs is 1. The summed E-state index contributed by atoms with van der Waals surface area (Å²) in [7, 11) is 0. The van der Waals surface area contributed by atoms with E-state index in [0.717, 1.165) is 0 Å². The van der Waals surface area contributed by atoms with E-state index < -0.39 is 12.1 Å². The van der Waals surface area contributed by atoms with Crippen molar-refractivity contribution in [3.8, 4) is 0 Å². The summed E-state index contributed by atoms with van der Waals surface area (Å²) < 4.78 is 39.3.